The Labute approximate surface area is 136 Å². The van der Waals surface area contributed by atoms with Crippen LogP contribution in [0.15, 0.2) is 39.4 Å². The van der Waals surface area contributed by atoms with E-state index in [1.807, 2.05) is 6.07 Å². The molecule has 2 aromatic rings. The lowest BCUT2D eigenvalue weighted by Gasteiger charge is -2.14. The third kappa shape index (κ3) is 2.97. The zero-order valence-corrected chi connectivity index (χ0v) is 14.2. The van der Waals surface area contributed by atoms with Crippen molar-refractivity contribution in [2.24, 2.45) is 5.73 Å². The summed E-state index contributed by atoms with van der Waals surface area (Å²) in [5, 5.41) is 0. The van der Waals surface area contributed by atoms with Gasteiger partial charge in [0.1, 0.15) is 0 Å². The molecule has 2 N–H and O–H groups in total. The van der Waals surface area contributed by atoms with Gasteiger partial charge in [-0.15, -0.1) is 0 Å². The Balaban J connectivity index is 1.80. The molecule has 0 saturated heterocycles. The lowest BCUT2D eigenvalue weighted by atomic mass is 9.99. The quantitative estimate of drug-likeness (QED) is 0.839. The lowest BCUT2D eigenvalue weighted by molar-refractivity contribution is 0.691. The van der Waals surface area contributed by atoms with Crippen molar-refractivity contribution < 1.29 is 0 Å². The smallest absolute Gasteiger partial charge is 0.0716 e. The predicted molar refractivity (Wildman–Crippen MR) is 88.7 cm³/mol. The topological polar surface area (TPSA) is 38.9 Å². The number of aryl methyl sites for hydroxylation is 2. The molecule has 0 bridgehead atoms. The van der Waals surface area contributed by atoms with Gasteiger partial charge in [0, 0.05) is 15.1 Å². The average molecular weight is 396 g/mol. The first kappa shape index (κ1) is 14.2. The van der Waals surface area contributed by atoms with Crippen LogP contribution < -0.4 is 5.73 Å². The van der Waals surface area contributed by atoms with Crippen molar-refractivity contribution in [1.82, 2.24) is 4.98 Å². The molecule has 0 radical (unpaired) electrons. The summed E-state index contributed by atoms with van der Waals surface area (Å²) in [6, 6.07) is 8.68. The van der Waals surface area contributed by atoms with Crippen LogP contribution in [0, 0.1) is 0 Å². The molecule has 1 atom stereocenters. The van der Waals surface area contributed by atoms with Gasteiger partial charge in [-0.3, -0.25) is 4.98 Å². The highest BCUT2D eigenvalue weighted by atomic mass is 79.9. The first-order chi connectivity index (χ1) is 9.63. The van der Waals surface area contributed by atoms with Crippen LogP contribution in [0.3, 0.4) is 0 Å². The van der Waals surface area contributed by atoms with E-state index in [1.54, 1.807) is 6.20 Å². The highest BCUT2D eigenvalue weighted by Gasteiger charge is 2.15. The van der Waals surface area contributed by atoms with Crippen LogP contribution in [0.5, 0.6) is 0 Å². The number of pyridine rings is 1. The minimum atomic E-state index is -0.0862. The van der Waals surface area contributed by atoms with Crippen molar-refractivity contribution in [3.63, 3.8) is 0 Å². The van der Waals surface area contributed by atoms with E-state index in [9.17, 15) is 0 Å². The fourth-order valence-corrected chi connectivity index (χ4v) is 4.08. The van der Waals surface area contributed by atoms with Gasteiger partial charge in [-0.1, -0.05) is 18.2 Å². The molecule has 0 fully saturated rings. The van der Waals surface area contributed by atoms with E-state index in [-0.39, 0.29) is 6.04 Å². The summed E-state index contributed by atoms with van der Waals surface area (Å²) < 4.78 is 1.92. The molecular formula is C16H16Br2N2. The minimum Gasteiger partial charge on any atom is -0.322 e. The standard InChI is InChI=1S/C16H16Br2N2/c17-13-8-14(18)16(20-9-13)15(19)7-10-4-5-11-2-1-3-12(11)6-10/h4-6,8-9,15H,1-3,7,19H2. The molecule has 0 amide bonds. The molecule has 1 unspecified atom stereocenters. The summed E-state index contributed by atoms with van der Waals surface area (Å²) in [6.07, 6.45) is 6.33. The summed E-state index contributed by atoms with van der Waals surface area (Å²) in [4.78, 5) is 4.43. The van der Waals surface area contributed by atoms with Crippen LogP contribution in [-0.4, -0.2) is 4.98 Å². The molecule has 104 valence electrons. The van der Waals surface area contributed by atoms with Crippen molar-refractivity contribution in [3.8, 4) is 0 Å². The minimum absolute atomic E-state index is 0.0862. The summed E-state index contributed by atoms with van der Waals surface area (Å²) in [5.74, 6) is 0. The van der Waals surface area contributed by atoms with Gasteiger partial charge in [0.2, 0.25) is 0 Å². The molecule has 0 saturated carbocycles. The fourth-order valence-electron chi connectivity index (χ4n) is 2.80. The van der Waals surface area contributed by atoms with Crippen LogP contribution in [0.1, 0.15) is 34.8 Å². The summed E-state index contributed by atoms with van der Waals surface area (Å²) in [5.41, 5.74) is 11.5. The zero-order valence-electron chi connectivity index (χ0n) is 11.1. The van der Waals surface area contributed by atoms with Crippen LogP contribution >= 0.6 is 31.9 Å². The van der Waals surface area contributed by atoms with E-state index in [0.717, 1.165) is 21.1 Å². The van der Waals surface area contributed by atoms with E-state index in [4.69, 9.17) is 5.73 Å². The molecule has 2 nitrogen and oxygen atoms in total. The molecule has 0 aliphatic heterocycles. The monoisotopic (exact) mass is 394 g/mol. The maximum Gasteiger partial charge on any atom is 0.0716 e. The molecular weight excluding hydrogens is 380 g/mol. The average Bonchev–Trinajstić information content (AvgIpc) is 2.85. The first-order valence-corrected chi connectivity index (χ1v) is 8.39. The Hall–Kier alpha value is -0.710. The second-order valence-corrected chi connectivity index (χ2v) is 7.06. The van der Waals surface area contributed by atoms with Gasteiger partial charge in [0.25, 0.3) is 0 Å². The molecule has 1 aliphatic carbocycles. The second kappa shape index (κ2) is 5.96. The van der Waals surface area contributed by atoms with Gasteiger partial charge in [0.05, 0.1) is 11.7 Å². The fraction of sp³-hybridized carbons (Fsp3) is 0.312. The van der Waals surface area contributed by atoms with Gasteiger partial charge < -0.3 is 5.73 Å². The predicted octanol–water partition coefficient (Wildman–Crippen LogP) is 4.34. The number of hydrogen-bond donors (Lipinski definition) is 1. The van der Waals surface area contributed by atoms with Gasteiger partial charge >= 0.3 is 0 Å². The highest BCUT2D eigenvalue weighted by molar-refractivity contribution is 9.11. The maximum absolute atomic E-state index is 6.32. The summed E-state index contributed by atoms with van der Waals surface area (Å²) >= 11 is 6.95. The molecule has 4 heteroatoms. The number of hydrogen-bond acceptors (Lipinski definition) is 2. The Morgan fingerprint density at radius 1 is 1.15 bits per heavy atom. The number of rotatable bonds is 3. The molecule has 0 spiro atoms. The molecule has 1 aromatic carbocycles. The molecule has 1 aromatic heterocycles. The summed E-state index contributed by atoms with van der Waals surface area (Å²) in [7, 11) is 0. The Morgan fingerprint density at radius 3 is 2.75 bits per heavy atom. The largest absolute Gasteiger partial charge is 0.322 e. The molecule has 20 heavy (non-hydrogen) atoms. The summed E-state index contributed by atoms with van der Waals surface area (Å²) in [6.45, 7) is 0. The Morgan fingerprint density at radius 2 is 1.95 bits per heavy atom. The van der Waals surface area contributed by atoms with Crippen molar-refractivity contribution in [1.29, 1.82) is 0 Å². The molecule has 3 rings (SSSR count). The third-order valence-corrected chi connectivity index (χ3v) is 4.87. The van der Waals surface area contributed by atoms with Gasteiger partial charge in [-0.05, 0) is 80.3 Å². The first-order valence-electron chi connectivity index (χ1n) is 6.80. The van der Waals surface area contributed by atoms with Gasteiger partial charge in [0.15, 0.2) is 0 Å². The van der Waals surface area contributed by atoms with E-state index in [2.05, 4.69) is 55.0 Å². The second-order valence-electron chi connectivity index (χ2n) is 5.29. The van der Waals surface area contributed by atoms with Crippen LogP contribution in [0.25, 0.3) is 0 Å². The maximum atomic E-state index is 6.32. The third-order valence-electron chi connectivity index (χ3n) is 3.81. The number of nitrogens with zero attached hydrogens (tertiary/aromatic N) is 1. The normalized spacial score (nSPS) is 15.2. The molecule has 1 aliphatic rings. The number of fused-ring (bicyclic) bond motifs is 1. The van der Waals surface area contributed by atoms with Crippen molar-refractivity contribution >= 4 is 31.9 Å². The van der Waals surface area contributed by atoms with E-state index in [1.165, 1.54) is 36.0 Å². The number of benzene rings is 1. The van der Waals surface area contributed by atoms with Crippen LogP contribution in [0.4, 0.5) is 0 Å². The number of halogens is 2. The van der Waals surface area contributed by atoms with E-state index < -0.39 is 0 Å². The number of aromatic nitrogens is 1. The van der Waals surface area contributed by atoms with Crippen LogP contribution in [-0.2, 0) is 19.3 Å². The van der Waals surface area contributed by atoms with Crippen molar-refractivity contribution in [2.75, 3.05) is 0 Å². The Kier molecular flexibility index (Phi) is 4.24. The zero-order chi connectivity index (χ0) is 14.1. The van der Waals surface area contributed by atoms with Gasteiger partial charge in [-0.2, -0.15) is 0 Å². The highest BCUT2D eigenvalue weighted by Crippen LogP contribution is 2.27. The van der Waals surface area contributed by atoms with Gasteiger partial charge in [-0.25, -0.2) is 0 Å². The van der Waals surface area contributed by atoms with Crippen LogP contribution in [0.2, 0.25) is 0 Å². The van der Waals surface area contributed by atoms with E-state index in [0.29, 0.717) is 0 Å². The van der Waals surface area contributed by atoms with Crippen molar-refractivity contribution in [2.45, 2.75) is 31.7 Å². The number of nitrogens with two attached hydrogens (primary N) is 1. The van der Waals surface area contributed by atoms with Crippen molar-refractivity contribution in [3.05, 3.63) is 61.8 Å². The SMILES string of the molecule is NC(Cc1ccc2c(c1)CCC2)c1ncc(Br)cc1Br. The Bertz CT molecular complexity index is 640. The lowest BCUT2D eigenvalue weighted by Crippen LogP contribution is -2.15. The van der Waals surface area contributed by atoms with E-state index >= 15 is 0 Å². The molecule has 1 heterocycles.